The van der Waals surface area contributed by atoms with Gasteiger partial charge < -0.3 is 10.3 Å². The molecule has 1 atom stereocenters. The number of piperidine rings is 1. The van der Waals surface area contributed by atoms with Crippen LogP contribution in [-0.4, -0.2) is 29.1 Å². The van der Waals surface area contributed by atoms with E-state index in [9.17, 15) is 0 Å². The number of fused-ring (bicyclic) bond motifs is 1. The van der Waals surface area contributed by atoms with E-state index in [-0.39, 0.29) is 0 Å². The summed E-state index contributed by atoms with van der Waals surface area (Å²) in [6.45, 7) is 4.33. The second-order valence-corrected chi connectivity index (χ2v) is 6.10. The molecule has 1 aromatic heterocycles. The Balaban J connectivity index is 1.76. The minimum Gasteiger partial charge on any atom is -0.350 e. The fourth-order valence-electron chi connectivity index (χ4n) is 3.56. The number of aromatic nitrogens is 1. The lowest BCUT2D eigenvalue weighted by Crippen LogP contribution is -2.35. The van der Waals surface area contributed by atoms with Crippen molar-refractivity contribution in [2.45, 2.75) is 25.8 Å². The van der Waals surface area contributed by atoms with Crippen LogP contribution in [0.1, 0.15) is 24.8 Å². The van der Waals surface area contributed by atoms with Gasteiger partial charge in [-0.2, -0.15) is 0 Å². The lowest BCUT2D eigenvalue weighted by atomic mass is 9.94. The van der Waals surface area contributed by atoms with Crippen molar-refractivity contribution >= 4 is 10.9 Å². The number of para-hydroxylation sites is 1. The van der Waals surface area contributed by atoms with Crippen molar-refractivity contribution in [1.29, 1.82) is 0 Å². The first-order valence-electron chi connectivity index (χ1n) is 7.73. The van der Waals surface area contributed by atoms with Crippen LogP contribution in [0, 0.1) is 5.92 Å². The van der Waals surface area contributed by atoms with E-state index in [1.165, 1.54) is 48.8 Å². The zero-order chi connectivity index (χ0) is 13.9. The normalized spacial score (nSPS) is 20.6. The van der Waals surface area contributed by atoms with Crippen molar-refractivity contribution in [2.75, 3.05) is 19.6 Å². The molecule has 20 heavy (non-hydrogen) atoms. The molecule has 0 aliphatic carbocycles. The van der Waals surface area contributed by atoms with Gasteiger partial charge in [-0.15, -0.1) is 0 Å². The highest BCUT2D eigenvalue weighted by Crippen LogP contribution is 2.25. The van der Waals surface area contributed by atoms with Gasteiger partial charge in [-0.25, -0.2) is 0 Å². The Kier molecular flexibility index (Phi) is 4.08. The van der Waals surface area contributed by atoms with Crippen LogP contribution >= 0.6 is 0 Å². The van der Waals surface area contributed by atoms with Gasteiger partial charge in [-0.3, -0.25) is 4.90 Å². The Labute approximate surface area is 121 Å². The summed E-state index contributed by atoms with van der Waals surface area (Å²) >= 11 is 0. The summed E-state index contributed by atoms with van der Waals surface area (Å²) in [4.78, 5) is 2.60. The van der Waals surface area contributed by atoms with E-state index in [0.717, 1.165) is 19.0 Å². The fraction of sp³-hybridized carbons (Fsp3) is 0.529. The van der Waals surface area contributed by atoms with E-state index in [0.29, 0.717) is 0 Å². The summed E-state index contributed by atoms with van der Waals surface area (Å²) in [6, 6.07) is 8.70. The molecule has 2 heterocycles. The van der Waals surface area contributed by atoms with Crippen molar-refractivity contribution in [1.82, 2.24) is 9.47 Å². The van der Waals surface area contributed by atoms with Gasteiger partial charge in [0.2, 0.25) is 0 Å². The van der Waals surface area contributed by atoms with Crippen molar-refractivity contribution in [2.24, 2.45) is 18.7 Å². The molecule has 3 nitrogen and oxygen atoms in total. The van der Waals surface area contributed by atoms with E-state index in [4.69, 9.17) is 5.73 Å². The molecule has 3 rings (SSSR count). The molecule has 3 heteroatoms. The average molecular weight is 271 g/mol. The van der Waals surface area contributed by atoms with Crippen molar-refractivity contribution in [3.63, 3.8) is 0 Å². The number of hydrogen-bond donors (Lipinski definition) is 1. The van der Waals surface area contributed by atoms with Crippen LogP contribution in [0.3, 0.4) is 0 Å². The number of rotatable bonds is 4. The van der Waals surface area contributed by atoms with Gasteiger partial charge >= 0.3 is 0 Å². The Morgan fingerprint density at radius 2 is 2.15 bits per heavy atom. The van der Waals surface area contributed by atoms with E-state index < -0.39 is 0 Å². The molecule has 108 valence electrons. The number of benzene rings is 1. The van der Waals surface area contributed by atoms with Crippen LogP contribution in [0.2, 0.25) is 0 Å². The summed E-state index contributed by atoms with van der Waals surface area (Å²) in [6.07, 6.45) is 6.13. The highest BCUT2D eigenvalue weighted by molar-refractivity contribution is 5.83. The summed E-state index contributed by atoms with van der Waals surface area (Å²) in [5.41, 5.74) is 8.50. The monoisotopic (exact) mass is 271 g/mol. The van der Waals surface area contributed by atoms with Crippen LogP contribution in [0.4, 0.5) is 0 Å². The first-order valence-corrected chi connectivity index (χ1v) is 7.73. The van der Waals surface area contributed by atoms with Gasteiger partial charge in [0.25, 0.3) is 0 Å². The lowest BCUT2D eigenvalue weighted by Gasteiger charge is -2.32. The van der Waals surface area contributed by atoms with Crippen LogP contribution in [0.15, 0.2) is 30.5 Å². The quantitative estimate of drug-likeness (QED) is 0.928. The van der Waals surface area contributed by atoms with Crippen molar-refractivity contribution in [3.05, 3.63) is 36.0 Å². The predicted octanol–water partition coefficient (Wildman–Crippen LogP) is 2.74. The number of nitrogens with zero attached hydrogens (tertiary/aromatic N) is 2. The predicted molar refractivity (Wildman–Crippen MR) is 84.6 cm³/mol. The summed E-state index contributed by atoms with van der Waals surface area (Å²) in [7, 11) is 2.14. The molecular weight excluding hydrogens is 246 g/mol. The van der Waals surface area contributed by atoms with Gasteiger partial charge in [0.1, 0.15) is 0 Å². The van der Waals surface area contributed by atoms with Gasteiger partial charge in [-0.1, -0.05) is 18.2 Å². The first kappa shape index (κ1) is 13.7. The van der Waals surface area contributed by atoms with E-state index in [1.54, 1.807) is 0 Å². The molecule has 0 spiro atoms. The Hall–Kier alpha value is -1.32. The third-order valence-corrected chi connectivity index (χ3v) is 4.55. The van der Waals surface area contributed by atoms with Gasteiger partial charge in [0.05, 0.1) is 0 Å². The van der Waals surface area contributed by atoms with Crippen molar-refractivity contribution < 1.29 is 0 Å². The average Bonchev–Trinajstić information content (AvgIpc) is 2.77. The minimum atomic E-state index is 0.795. The highest BCUT2D eigenvalue weighted by Gasteiger charge is 2.20. The van der Waals surface area contributed by atoms with E-state index in [1.807, 2.05) is 0 Å². The molecule has 1 aliphatic rings. The van der Waals surface area contributed by atoms with Gasteiger partial charge in [0.15, 0.2) is 0 Å². The zero-order valence-corrected chi connectivity index (χ0v) is 12.4. The molecule has 2 aromatic rings. The van der Waals surface area contributed by atoms with Crippen LogP contribution < -0.4 is 5.73 Å². The van der Waals surface area contributed by atoms with Crippen LogP contribution in [-0.2, 0) is 13.6 Å². The van der Waals surface area contributed by atoms with E-state index in [2.05, 4.69) is 47.0 Å². The largest absolute Gasteiger partial charge is 0.350 e. The lowest BCUT2D eigenvalue weighted by molar-refractivity contribution is 0.163. The molecule has 1 unspecified atom stereocenters. The summed E-state index contributed by atoms with van der Waals surface area (Å²) in [5, 5.41) is 1.40. The number of hydrogen-bond acceptors (Lipinski definition) is 2. The maximum Gasteiger partial charge on any atom is 0.0481 e. The molecule has 0 bridgehead atoms. The molecule has 0 saturated carbocycles. The number of aryl methyl sites for hydroxylation is 1. The Bertz CT molecular complexity index is 571. The smallest absolute Gasteiger partial charge is 0.0481 e. The fourth-order valence-corrected chi connectivity index (χ4v) is 3.56. The molecule has 0 amide bonds. The molecule has 0 radical (unpaired) electrons. The molecule has 2 N–H and O–H groups in total. The maximum atomic E-state index is 5.71. The topological polar surface area (TPSA) is 34.2 Å². The molecule has 1 aromatic carbocycles. The number of likely N-dealkylation sites (tertiary alicyclic amines) is 1. The SMILES string of the molecule is Cn1cc(CN2CCCC(CCN)C2)c2ccccc21. The molecule has 1 saturated heterocycles. The van der Waals surface area contributed by atoms with Crippen LogP contribution in [0.25, 0.3) is 10.9 Å². The first-order chi connectivity index (χ1) is 9.78. The third kappa shape index (κ3) is 2.74. The van der Waals surface area contributed by atoms with Gasteiger partial charge in [-0.05, 0) is 49.9 Å². The Morgan fingerprint density at radius 3 is 3.00 bits per heavy atom. The molecular formula is C17H25N3. The maximum absolute atomic E-state index is 5.71. The highest BCUT2D eigenvalue weighted by atomic mass is 15.1. The molecule has 1 fully saturated rings. The van der Waals surface area contributed by atoms with Crippen LogP contribution in [0.5, 0.6) is 0 Å². The second-order valence-electron chi connectivity index (χ2n) is 6.10. The summed E-state index contributed by atoms with van der Waals surface area (Å²) < 4.78 is 2.24. The van der Waals surface area contributed by atoms with Gasteiger partial charge in [0, 0.05) is 37.2 Å². The second kappa shape index (κ2) is 5.98. The zero-order valence-electron chi connectivity index (χ0n) is 12.4. The van der Waals surface area contributed by atoms with Crippen molar-refractivity contribution in [3.8, 4) is 0 Å². The minimum absolute atomic E-state index is 0.795. The summed E-state index contributed by atoms with van der Waals surface area (Å²) in [5.74, 6) is 0.795. The molecule has 1 aliphatic heterocycles. The Morgan fingerprint density at radius 1 is 1.30 bits per heavy atom. The third-order valence-electron chi connectivity index (χ3n) is 4.55. The standard InChI is InChI=1S/C17H25N3/c1-19-12-15(16-6-2-3-7-17(16)19)13-20-10-4-5-14(11-20)8-9-18/h2-3,6-7,12,14H,4-5,8-11,13,18H2,1H3. The number of nitrogens with two attached hydrogens (primary N) is 1. The van der Waals surface area contributed by atoms with E-state index >= 15 is 0 Å².